The minimum Gasteiger partial charge on any atom is -0.397 e. The molecule has 0 bridgehead atoms. The number of carbonyl (C=O) groups excluding carboxylic acids is 1. The molecular weight excluding hydrogens is 278 g/mol. The fourth-order valence-electron chi connectivity index (χ4n) is 1.50. The lowest BCUT2D eigenvalue weighted by Gasteiger charge is -2.07. The van der Waals surface area contributed by atoms with E-state index in [9.17, 15) is 4.79 Å². The second-order valence-corrected chi connectivity index (χ2v) is 6.12. The first-order valence-corrected chi connectivity index (χ1v) is 7.79. The molecule has 0 fully saturated rings. The first-order valence-electron chi connectivity index (χ1n) is 5.92. The molecule has 19 heavy (non-hydrogen) atoms. The number of nitrogen functional groups attached to an aromatic ring is 1. The molecule has 1 aromatic carbocycles. The van der Waals surface area contributed by atoms with Crippen LogP contribution in [0.25, 0.3) is 0 Å². The number of nitrogens with one attached hydrogen (secondary N) is 1. The molecule has 2 aromatic rings. The number of thiazole rings is 1. The number of anilines is 2. The highest BCUT2D eigenvalue weighted by Gasteiger charge is 2.05. The van der Waals surface area contributed by atoms with Crippen LogP contribution in [0.15, 0.2) is 40.2 Å². The quantitative estimate of drug-likeness (QED) is 0.487. The van der Waals surface area contributed by atoms with Crippen LogP contribution in [0.3, 0.4) is 0 Å². The monoisotopic (exact) mass is 293 g/mol. The van der Waals surface area contributed by atoms with E-state index in [1.807, 2.05) is 17.5 Å². The second-order valence-electron chi connectivity index (χ2n) is 3.89. The van der Waals surface area contributed by atoms with Crippen LogP contribution in [-0.2, 0) is 4.79 Å². The Morgan fingerprint density at radius 3 is 3.00 bits per heavy atom. The fraction of sp³-hybridized carbons (Fsp3) is 0.231. The van der Waals surface area contributed by atoms with Gasteiger partial charge in [-0.15, -0.1) is 11.3 Å². The van der Waals surface area contributed by atoms with E-state index in [-0.39, 0.29) is 5.91 Å². The van der Waals surface area contributed by atoms with Crippen molar-refractivity contribution in [2.45, 2.75) is 17.2 Å². The van der Waals surface area contributed by atoms with E-state index >= 15 is 0 Å². The molecule has 1 amide bonds. The van der Waals surface area contributed by atoms with Gasteiger partial charge in [-0.2, -0.15) is 0 Å². The summed E-state index contributed by atoms with van der Waals surface area (Å²) in [6.07, 6.45) is 3.10. The molecule has 0 aliphatic rings. The Hall–Kier alpha value is -1.53. The molecule has 1 aromatic heterocycles. The number of nitrogens with zero attached hydrogens (tertiary/aromatic N) is 1. The highest BCUT2D eigenvalue weighted by molar-refractivity contribution is 8.00. The van der Waals surface area contributed by atoms with Crippen molar-refractivity contribution >= 4 is 40.4 Å². The van der Waals surface area contributed by atoms with Crippen molar-refractivity contribution in [1.82, 2.24) is 4.98 Å². The van der Waals surface area contributed by atoms with Gasteiger partial charge >= 0.3 is 0 Å². The van der Waals surface area contributed by atoms with E-state index in [1.54, 1.807) is 41.4 Å². The number of benzene rings is 1. The molecule has 0 saturated heterocycles. The van der Waals surface area contributed by atoms with Crippen LogP contribution in [0, 0.1) is 0 Å². The number of hydrogen-bond donors (Lipinski definition) is 2. The van der Waals surface area contributed by atoms with E-state index < -0.39 is 0 Å². The Kier molecular flexibility index (Phi) is 5.23. The van der Waals surface area contributed by atoms with Gasteiger partial charge in [0.25, 0.3) is 0 Å². The molecule has 100 valence electrons. The first-order chi connectivity index (χ1) is 9.25. The summed E-state index contributed by atoms with van der Waals surface area (Å²) in [6, 6.07) is 7.27. The van der Waals surface area contributed by atoms with Crippen LogP contribution in [0.5, 0.6) is 0 Å². The minimum atomic E-state index is -0.00219. The summed E-state index contributed by atoms with van der Waals surface area (Å²) in [6.45, 7) is 0. The van der Waals surface area contributed by atoms with Crippen molar-refractivity contribution in [3.63, 3.8) is 0 Å². The van der Waals surface area contributed by atoms with Crippen molar-refractivity contribution in [3.05, 3.63) is 35.8 Å². The summed E-state index contributed by atoms with van der Waals surface area (Å²) in [5.74, 6) is 0.892. The number of thioether (sulfide) groups is 1. The maximum absolute atomic E-state index is 11.7. The molecule has 0 aliphatic heterocycles. The normalized spacial score (nSPS) is 10.3. The average molecular weight is 293 g/mol. The topological polar surface area (TPSA) is 68.0 Å². The summed E-state index contributed by atoms with van der Waals surface area (Å²) >= 11 is 3.30. The molecular formula is C13H15N3OS2. The van der Waals surface area contributed by atoms with Crippen LogP contribution >= 0.6 is 23.1 Å². The molecule has 0 atom stereocenters. The lowest BCUT2D eigenvalue weighted by molar-refractivity contribution is -0.116. The molecule has 6 heteroatoms. The minimum absolute atomic E-state index is 0.00219. The van der Waals surface area contributed by atoms with E-state index in [0.717, 1.165) is 16.5 Å². The number of rotatable bonds is 6. The summed E-state index contributed by atoms with van der Waals surface area (Å²) in [5, 5.41) is 4.77. The Balaban J connectivity index is 1.69. The molecule has 2 rings (SSSR count). The Morgan fingerprint density at radius 2 is 2.26 bits per heavy atom. The standard InChI is InChI=1S/C13H15N3OS2/c14-10-4-1-2-5-11(10)16-12(17)6-3-8-18-13-15-7-9-19-13/h1-2,4-5,7,9H,3,6,8,14H2,(H,16,17). The van der Waals surface area contributed by atoms with Crippen molar-refractivity contribution in [2.24, 2.45) is 0 Å². The number of hydrogen-bond acceptors (Lipinski definition) is 5. The average Bonchev–Trinajstić information content (AvgIpc) is 2.91. The molecule has 0 radical (unpaired) electrons. The van der Waals surface area contributed by atoms with Gasteiger partial charge in [0.2, 0.25) is 5.91 Å². The van der Waals surface area contributed by atoms with Crippen molar-refractivity contribution in [3.8, 4) is 0 Å². The summed E-state index contributed by atoms with van der Waals surface area (Å²) in [4.78, 5) is 15.9. The van der Waals surface area contributed by atoms with Gasteiger partial charge in [0.05, 0.1) is 11.4 Å². The number of carbonyl (C=O) groups is 1. The van der Waals surface area contributed by atoms with Gasteiger partial charge in [0.1, 0.15) is 4.34 Å². The van der Waals surface area contributed by atoms with Crippen LogP contribution in [-0.4, -0.2) is 16.6 Å². The number of aromatic nitrogens is 1. The van der Waals surface area contributed by atoms with Crippen LogP contribution in [0.1, 0.15) is 12.8 Å². The zero-order valence-electron chi connectivity index (χ0n) is 10.3. The van der Waals surface area contributed by atoms with Crippen molar-refractivity contribution in [2.75, 3.05) is 16.8 Å². The van der Waals surface area contributed by atoms with Gasteiger partial charge < -0.3 is 11.1 Å². The van der Waals surface area contributed by atoms with Gasteiger partial charge in [0.15, 0.2) is 0 Å². The maximum Gasteiger partial charge on any atom is 0.224 e. The summed E-state index contributed by atoms with van der Waals surface area (Å²) in [7, 11) is 0. The Labute approximate surface area is 120 Å². The van der Waals surface area contributed by atoms with Crippen LogP contribution < -0.4 is 11.1 Å². The van der Waals surface area contributed by atoms with Gasteiger partial charge in [-0.3, -0.25) is 4.79 Å². The second kappa shape index (κ2) is 7.16. The van der Waals surface area contributed by atoms with Gasteiger partial charge in [-0.25, -0.2) is 4.98 Å². The van der Waals surface area contributed by atoms with E-state index in [4.69, 9.17) is 5.73 Å². The van der Waals surface area contributed by atoms with E-state index in [2.05, 4.69) is 10.3 Å². The zero-order valence-corrected chi connectivity index (χ0v) is 12.0. The molecule has 3 N–H and O–H groups in total. The summed E-state index contributed by atoms with van der Waals surface area (Å²) in [5.41, 5.74) is 7.03. The molecule has 0 saturated carbocycles. The first kappa shape index (κ1) is 13.9. The predicted molar refractivity (Wildman–Crippen MR) is 81.6 cm³/mol. The molecule has 4 nitrogen and oxygen atoms in total. The van der Waals surface area contributed by atoms with Crippen molar-refractivity contribution < 1.29 is 4.79 Å². The number of nitrogens with two attached hydrogens (primary N) is 1. The third-order valence-electron chi connectivity index (χ3n) is 2.42. The van der Waals surface area contributed by atoms with E-state index in [1.165, 1.54) is 0 Å². The highest BCUT2D eigenvalue weighted by atomic mass is 32.2. The third-order valence-corrected chi connectivity index (χ3v) is 4.47. The molecule has 1 heterocycles. The van der Waals surface area contributed by atoms with Gasteiger partial charge in [-0.05, 0) is 18.6 Å². The van der Waals surface area contributed by atoms with Crippen LogP contribution in [0.2, 0.25) is 0 Å². The maximum atomic E-state index is 11.7. The Bertz CT molecular complexity index is 528. The smallest absolute Gasteiger partial charge is 0.224 e. The molecule has 0 aliphatic carbocycles. The van der Waals surface area contributed by atoms with Crippen LogP contribution in [0.4, 0.5) is 11.4 Å². The van der Waals surface area contributed by atoms with Gasteiger partial charge in [-0.1, -0.05) is 23.9 Å². The van der Waals surface area contributed by atoms with Crippen molar-refractivity contribution in [1.29, 1.82) is 0 Å². The lowest BCUT2D eigenvalue weighted by atomic mass is 10.2. The summed E-state index contributed by atoms with van der Waals surface area (Å²) < 4.78 is 1.05. The highest BCUT2D eigenvalue weighted by Crippen LogP contribution is 2.21. The predicted octanol–water partition coefficient (Wildman–Crippen LogP) is 3.24. The number of amides is 1. The third kappa shape index (κ3) is 4.57. The molecule has 0 unspecified atom stereocenters. The Morgan fingerprint density at radius 1 is 1.42 bits per heavy atom. The van der Waals surface area contributed by atoms with Gasteiger partial charge in [0, 0.05) is 23.8 Å². The SMILES string of the molecule is Nc1ccccc1NC(=O)CCCSc1nccs1. The fourth-order valence-corrected chi connectivity index (χ4v) is 3.14. The molecule has 0 spiro atoms. The number of para-hydroxylation sites is 2. The lowest BCUT2D eigenvalue weighted by Crippen LogP contribution is -2.12. The zero-order chi connectivity index (χ0) is 13.5. The largest absolute Gasteiger partial charge is 0.397 e. The van der Waals surface area contributed by atoms with E-state index in [0.29, 0.717) is 17.8 Å².